The van der Waals surface area contributed by atoms with Gasteiger partial charge in [-0.1, -0.05) is 54.2 Å². The molecular formula is C23H17N3OS. The number of nitriles is 1. The number of hydrogen-bond donors (Lipinski definition) is 0. The molecule has 4 rings (SSSR count). The lowest BCUT2D eigenvalue weighted by atomic mass is 10.2. The van der Waals surface area contributed by atoms with Crippen LogP contribution in [0.5, 0.6) is 0 Å². The summed E-state index contributed by atoms with van der Waals surface area (Å²) in [6, 6.07) is 24.9. The van der Waals surface area contributed by atoms with Gasteiger partial charge in [0.15, 0.2) is 5.16 Å². The Morgan fingerprint density at radius 3 is 2.64 bits per heavy atom. The van der Waals surface area contributed by atoms with Crippen molar-refractivity contribution in [2.45, 2.75) is 17.8 Å². The van der Waals surface area contributed by atoms with Crippen molar-refractivity contribution in [2.24, 2.45) is 0 Å². The highest BCUT2D eigenvalue weighted by atomic mass is 32.2. The molecule has 1 heterocycles. The van der Waals surface area contributed by atoms with E-state index in [0.29, 0.717) is 27.4 Å². The highest BCUT2D eigenvalue weighted by Crippen LogP contribution is 2.26. The first-order valence-corrected chi connectivity index (χ1v) is 9.85. The van der Waals surface area contributed by atoms with E-state index < -0.39 is 0 Å². The Balaban J connectivity index is 1.84. The summed E-state index contributed by atoms with van der Waals surface area (Å²) >= 11 is 1.49. The van der Waals surface area contributed by atoms with Gasteiger partial charge >= 0.3 is 0 Å². The van der Waals surface area contributed by atoms with Crippen LogP contribution >= 0.6 is 11.8 Å². The monoisotopic (exact) mass is 383 g/mol. The number of fused-ring (bicyclic) bond motifs is 1. The summed E-state index contributed by atoms with van der Waals surface area (Å²) in [4.78, 5) is 18.1. The van der Waals surface area contributed by atoms with Gasteiger partial charge in [0.05, 0.1) is 28.2 Å². The summed E-state index contributed by atoms with van der Waals surface area (Å²) in [6.45, 7) is 1.99. The third-order valence-corrected chi connectivity index (χ3v) is 5.54. The van der Waals surface area contributed by atoms with E-state index in [2.05, 4.69) is 6.07 Å². The van der Waals surface area contributed by atoms with E-state index in [1.165, 1.54) is 11.8 Å². The number of rotatable bonds is 4. The molecule has 28 heavy (non-hydrogen) atoms. The summed E-state index contributed by atoms with van der Waals surface area (Å²) in [5.74, 6) is 0.617. The van der Waals surface area contributed by atoms with Gasteiger partial charge in [-0.25, -0.2) is 4.98 Å². The molecule has 0 saturated carbocycles. The number of para-hydroxylation sites is 2. The molecule has 0 bridgehead atoms. The van der Waals surface area contributed by atoms with Crippen LogP contribution in [0, 0.1) is 18.3 Å². The highest BCUT2D eigenvalue weighted by molar-refractivity contribution is 7.98. The zero-order valence-electron chi connectivity index (χ0n) is 15.3. The molecule has 0 radical (unpaired) electrons. The van der Waals surface area contributed by atoms with Gasteiger partial charge in [-0.05, 0) is 48.4 Å². The minimum absolute atomic E-state index is 0.0758. The molecule has 0 aliphatic carbocycles. The number of benzene rings is 3. The van der Waals surface area contributed by atoms with Gasteiger partial charge < -0.3 is 0 Å². The second kappa shape index (κ2) is 7.71. The summed E-state index contributed by atoms with van der Waals surface area (Å²) in [6.07, 6.45) is 0. The maximum Gasteiger partial charge on any atom is 0.266 e. The Labute approximate surface area is 167 Å². The lowest BCUT2D eigenvalue weighted by molar-refractivity contribution is 0.814. The van der Waals surface area contributed by atoms with Crippen molar-refractivity contribution < 1.29 is 0 Å². The van der Waals surface area contributed by atoms with Crippen LogP contribution in [0.1, 0.15) is 16.7 Å². The number of aromatic nitrogens is 2. The molecule has 0 amide bonds. The molecule has 0 atom stereocenters. The van der Waals surface area contributed by atoms with Crippen LogP contribution in [0.2, 0.25) is 0 Å². The smallest absolute Gasteiger partial charge is 0.266 e. The zero-order chi connectivity index (χ0) is 19.5. The van der Waals surface area contributed by atoms with Crippen LogP contribution in [-0.4, -0.2) is 9.55 Å². The van der Waals surface area contributed by atoms with Crippen molar-refractivity contribution in [3.63, 3.8) is 0 Å². The number of thioether (sulfide) groups is 1. The first-order valence-electron chi connectivity index (χ1n) is 8.87. The third-order valence-electron chi connectivity index (χ3n) is 4.53. The van der Waals surface area contributed by atoms with Gasteiger partial charge in [0.25, 0.3) is 5.56 Å². The summed E-state index contributed by atoms with van der Waals surface area (Å²) in [5, 5.41) is 10.3. The molecule has 4 nitrogen and oxygen atoms in total. The Morgan fingerprint density at radius 2 is 1.82 bits per heavy atom. The topological polar surface area (TPSA) is 58.7 Å². The number of aryl methyl sites for hydroxylation is 1. The van der Waals surface area contributed by atoms with E-state index >= 15 is 0 Å². The van der Waals surface area contributed by atoms with Gasteiger partial charge in [-0.2, -0.15) is 5.26 Å². The molecule has 0 aliphatic rings. The number of hydrogen-bond acceptors (Lipinski definition) is 4. The maximum atomic E-state index is 13.3. The Hall–Kier alpha value is -3.36. The van der Waals surface area contributed by atoms with Crippen LogP contribution < -0.4 is 5.56 Å². The predicted octanol–water partition coefficient (Wildman–Crippen LogP) is 4.86. The van der Waals surface area contributed by atoms with Crippen molar-refractivity contribution >= 4 is 22.7 Å². The van der Waals surface area contributed by atoms with Crippen LogP contribution in [-0.2, 0) is 5.75 Å². The lowest BCUT2D eigenvalue weighted by Crippen LogP contribution is -2.22. The van der Waals surface area contributed by atoms with E-state index in [0.717, 1.165) is 16.8 Å². The summed E-state index contributed by atoms with van der Waals surface area (Å²) in [7, 11) is 0. The SMILES string of the molecule is Cc1ccccc1-n1c(SCc2cccc(C#N)c2)nc2ccccc2c1=O. The molecule has 0 spiro atoms. The van der Waals surface area contributed by atoms with Gasteiger partial charge in [-0.15, -0.1) is 0 Å². The fourth-order valence-corrected chi connectivity index (χ4v) is 4.06. The second-order valence-electron chi connectivity index (χ2n) is 6.44. The molecule has 0 aliphatic heterocycles. The van der Waals surface area contributed by atoms with Crippen molar-refractivity contribution in [2.75, 3.05) is 0 Å². The lowest BCUT2D eigenvalue weighted by Gasteiger charge is -2.15. The fraction of sp³-hybridized carbons (Fsp3) is 0.0870. The van der Waals surface area contributed by atoms with Crippen molar-refractivity contribution in [3.05, 3.63) is 99.8 Å². The van der Waals surface area contributed by atoms with Crippen molar-refractivity contribution in [3.8, 4) is 11.8 Å². The van der Waals surface area contributed by atoms with Gasteiger partial charge in [0.2, 0.25) is 0 Å². The molecule has 0 fully saturated rings. The summed E-state index contributed by atoms with van der Waals surface area (Å²) in [5.41, 5.74) is 4.09. The Kier molecular flexibility index (Phi) is 4.96. The molecular weight excluding hydrogens is 366 g/mol. The largest absolute Gasteiger partial charge is 0.268 e. The van der Waals surface area contributed by atoms with E-state index in [1.807, 2.05) is 73.7 Å². The molecule has 3 aromatic carbocycles. The van der Waals surface area contributed by atoms with Crippen LogP contribution in [0.25, 0.3) is 16.6 Å². The van der Waals surface area contributed by atoms with E-state index in [1.54, 1.807) is 10.6 Å². The Morgan fingerprint density at radius 1 is 1.04 bits per heavy atom. The zero-order valence-corrected chi connectivity index (χ0v) is 16.1. The minimum atomic E-state index is -0.0758. The second-order valence-corrected chi connectivity index (χ2v) is 7.38. The average molecular weight is 383 g/mol. The van der Waals surface area contributed by atoms with E-state index in [9.17, 15) is 4.79 Å². The first kappa shape index (κ1) is 18.0. The molecule has 5 heteroatoms. The molecule has 136 valence electrons. The molecule has 0 saturated heterocycles. The van der Waals surface area contributed by atoms with Crippen LogP contribution in [0.15, 0.2) is 82.7 Å². The van der Waals surface area contributed by atoms with Gasteiger partial charge in [0, 0.05) is 5.75 Å². The standard InChI is InChI=1S/C23H17N3OS/c1-16-7-2-5-12-21(16)26-22(27)19-10-3-4-11-20(19)25-23(26)28-15-18-9-6-8-17(13-18)14-24/h2-13H,15H2,1H3. The quantitative estimate of drug-likeness (QED) is 0.373. The first-order chi connectivity index (χ1) is 13.7. The fourth-order valence-electron chi connectivity index (χ4n) is 3.11. The van der Waals surface area contributed by atoms with Gasteiger partial charge in [0.1, 0.15) is 0 Å². The predicted molar refractivity (Wildman–Crippen MR) is 113 cm³/mol. The van der Waals surface area contributed by atoms with E-state index in [4.69, 9.17) is 10.2 Å². The molecule has 0 N–H and O–H groups in total. The maximum absolute atomic E-state index is 13.3. The average Bonchev–Trinajstić information content (AvgIpc) is 2.73. The summed E-state index contributed by atoms with van der Waals surface area (Å²) < 4.78 is 1.69. The molecule has 1 aromatic heterocycles. The van der Waals surface area contributed by atoms with Gasteiger partial charge in [-0.3, -0.25) is 9.36 Å². The molecule has 0 unspecified atom stereocenters. The van der Waals surface area contributed by atoms with Crippen molar-refractivity contribution in [1.29, 1.82) is 5.26 Å². The number of nitrogens with zero attached hydrogens (tertiary/aromatic N) is 3. The highest BCUT2D eigenvalue weighted by Gasteiger charge is 2.14. The third kappa shape index (κ3) is 3.42. The normalized spacial score (nSPS) is 10.7. The Bertz CT molecular complexity index is 1270. The van der Waals surface area contributed by atoms with Crippen LogP contribution in [0.3, 0.4) is 0 Å². The van der Waals surface area contributed by atoms with Crippen LogP contribution in [0.4, 0.5) is 0 Å². The van der Waals surface area contributed by atoms with E-state index in [-0.39, 0.29) is 5.56 Å². The minimum Gasteiger partial charge on any atom is -0.268 e. The molecule has 4 aromatic rings. The van der Waals surface area contributed by atoms with Crippen molar-refractivity contribution in [1.82, 2.24) is 9.55 Å².